The van der Waals surface area contributed by atoms with Crippen molar-refractivity contribution < 1.29 is 17.6 Å². The minimum Gasteiger partial charge on any atom is -0.350 e. The van der Waals surface area contributed by atoms with E-state index in [2.05, 4.69) is 10.4 Å². The molecule has 1 heterocycles. The number of hydrogen-bond donors (Lipinski definition) is 1. The van der Waals surface area contributed by atoms with Crippen LogP contribution in [0, 0.1) is 19.7 Å². The van der Waals surface area contributed by atoms with Crippen LogP contribution in [0.15, 0.2) is 29.2 Å². The maximum absolute atomic E-state index is 12.9. The lowest BCUT2D eigenvalue weighted by Crippen LogP contribution is -2.28. The van der Waals surface area contributed by atoms with Gasteiger partial charge in [-0.25, -0.2) is 17.1 Å². The van der Waals surface area contributed by atoms with Crippen molar-refractivity contribution >= 4 is 15.9 Å². The van der Waals surface area contributed by atoms with Crippen LogP contribution in [0.1, 0.15) is 17.0 Å². The number of amides is 1. The first kappa shape index (κ1) is 19.1. The van der Waals surface area contributed by atoms with E-state index in [0.717, 1.165) is 9.87 Å². The molecule has 1 amide bonds. The Balaban J connectivity index is 2.10. The zero-order valence-corrected chi connectivity index (χ0v) is 15.4. The summed E-state index contributed by atoms with van der Waals surface area (Å²) in [5, 5.41) is 6.87. The highest BCUT2D eigenvalue weighted by Crippen LogP contribution is 2.21. The Morgan fingerprint density at radius 3 is 2.40 bits per heavy atom. The molecule has 1 N–H and O–H groups in total. The molecule has 9 heteroatoms. The fourth-order valence-electron chi connectivity index (χ4n) is 2.39. The van der Waals surface area contributed by atoms with Crippen molar-refractivity contribution in [3.63, 3.8) is 0 Å². The van der Waals surface area contributed by atoms with E-state index in [1.165, 1.54) is 30.9 Å². The van der Waals surface area contributed by atoms with Crippen LogP contribution >= 0.6 is 0 Å². The van der Waals surface area contributed by atoms with Crippen LogP contribution < -0.4 is 5.32 Å². The molecule has 25 heavy (non-hydrogen) atoms. The normalized spacial score (nSPS) is 11.8. The van der Waals surface area contributed by atoms with E-state index in [-0.39, 0.29) is 29.7 Å². The largest absolute Gasteiger partial charge is 0.350 e. The summed E-state index contributed by atoms with van der Waals surface area (Å²) in [5.41, 5.74) is 1.51. The van der Waals surface area contributed by atoms with Gasteiger partial charge < -0.3 is 5.32 Å². The molecule has 0 atom stereocenters. The van der Waals surface area contributed by atoms with Gasteiger partial charge in [-0.1, -0.05) is 12.1 Å². The van der Waals surface area contributed by atoms with Crippen molar-refractivity contribution in [1.82, 2.24) is 19.4 Å². The first-order valence-electron chi connectivity index (χ1n) is 7.60. The number of aromatic nitrogens is 2. The highest BCUT2D eigenvalue weighted by atomic mass is 32.2. The minimum absolute atomic E-state index is 0.100. The fourth-order valence-corrected chi connectivity index (χ4v) is 3.64. The highest BCUT2D eigenvalue weighted by Gasteiger charge is 2.27. The van der Waals surface area contributed by atoms with Crippen molar-refractivity contribution in [2.75, 3.05) is 14.1 Å². The van der Waals surface area contributed by atoms with Gasteiger partial charge >= 0.3 is 0 Å². The Kier molecular flexibility index (Phi) is 5.58. The van der Waals surface area contributed by atoms with E-state index in [9.17, 15) is 17.6 Å². The number of rotatable bonds is 6. The summed E-state index contributed by atoms with van der Waals surface area (Å²) in [6, 6.07) is 5.81. The number of hydrogen-bond acceptors (Lipinski definition) is 4. The predicted octanol–water partition coefficient (Wildman–Crippen LogP) is 1.21. The molecule has 0 saturated carbocycles. The Labute approximate surface area is 146 Å². The third-order valence-electron chi connectivity index (χ3n) is 3.75. The van der Waals surface area contributed by atoms with E-state index < -0.39 is 10.0 Å². The van der Waals surface area contributed by atoms with Crippen LogP contribution in [0.5, 0.6) is 0 Å². The number of sulfonamides is 1. The predicted molar refractivity (Wildman–Crippen MR) is 90.8 cm³/mol. The first-order valence-corrected chi connectivity index (χ1v) is 9.04. The summed E-state index contributed by atoms with van der Waals surface area (Å²) in [7, 11) is -0.739. The molecule has 136 valence electrons. The Morgan fingerprint density at radius 2 is 1.84 bits per heavy atom. The molecule has 0 bridgehead atoms. The van der Waals surface area contributed by atoms with Crippen molar-refractivity contribution in [1.29, 1.82) is 0 Å². The number of benzene rings is 1. The van der Waals surface area contributed by atoms with Gasteiger partial charge in [0.15, 0.2) is 0 Å². The second-order valence-corrected chi connectivity index (χ2v) is 7.94. The molecule has 0 aliphatic heterocycles. The van der Waals surface area contributed by atoms with Gasteiger partial charge in [-0.15, -0.1) is 0 Å². The second-order valence-electron chi connectivity index (χ2n) is 5.85. The molecule has 0 aliphatic carbocycles. The monoisotopic (exact) mass is 368 g/mol. The van der Waals surface area contributed by atoms with Crippen LogP contribution in [-0.4, -0.2) is 42.5 Å². The average Bonchev–Trinajstić information content (AvgIpc) is 2.81. The third kappa shape index (κ3) is 4.23. The van der Waals surface area contributed by atoms with E-state index in [1.807, 2.05) is 0 Å². The summed E-state index contributed by atoms with van der Waals surface area (Å²) in [6.45, 7) is 3.36. The Morgan fingerprint density at radius 1 is 1.24 bits per heavy atom. The number of aryl methyl sites for hydroxylation is 1. The summed E-state index contributed by atoms with van der Waals surface area (Å²) in [6.07, 6.45) is 0. The first-order chi connectivity index (χ1) is 11.6. The molecule has 7 nitrogen and oxygen atoms in total. The van der Waals surface area contributed by atoms with Crippen molar-refractivity contribution in [2.45, 2.75) is 31.8 Å². The average molecular weight is 368 g/mol. The van der Waals surface area contributed by atoms with Gasteiger partial charge in [0.2, 0.25) is 15.9 Å². The standard InChI is InChI=1S/C16H21FN4O3S/c1-11-16(25(23,24)20(3)4)12(2)21(19-11)10-15(22)18-9-13-5-7-14(17)8-6-13/h5-8H,9-10H2,1-4H3,(H,18,22). The third-order valence-corrected chi connectivity index (χ3v) is 5.82. The molecular formula is C16H21FN4O3S. The Bertz CT molecular complexity index is 874. The van der Waals surface area contributed by atoms with Crippen LogP contribution in [0.25, 0.3) is 0 Å². The lowest BCUT2D eigenvalue weighted by Gasteiger charge is -2.12. The Hall–Kier alpha value is -2.26. The number of halogens is 1. The molecule has 1 aromatic heterocycles. The number of carbonyl (C=O) groups is 1. The molecule has 2 aromatic rings. The fraction of sp³-hybridized carbons (Fsp3) is 0.375. The molecule has 2 rings (SSSR count). The topological polar surface area (TPSA) is 84.3 Å². The molecule has 0 spiro atoms. The summed E-state index contributed by atoms with van der Waals surface area (Å²) >= 11 is 0. The van der Waals surface area contributed by atoms with Crippen LogP contribution in [0.3, 0.4) is 0 Å². The smallest absolute Gasteiger partial charge is 0.246 e. The lowest BCUT2D eigenvalue weighted by molar-refractivity contribution is -0.122. The summed E-state index contributed by atoms with van der Waals surface area (Å²) in [4.78, 5) is 12.2. The highest BCUT2D eigenvalue weighted by molar-refractivity contribution is 7.89. The van der Waals surface area contributed by atoms with E-state index in [4.69, 9.17) is 0 Å². The quantitative estimate of drug-likeness (QED) is 0.831. The van der Waals surface area contributed by atoms with Gasteiger partial charge in [-0.3, -0.25) is 9.48 Å². The molecule has 0 fully saturated rings. The van der Waals surface area contributed by atoms with E-state index in [0.29, 0.717) is 11.4 Å². The van der Waals surface area contributed by atoms with Crippen molar-refractivity contribution in [3.8, 4) is 0 Å². The van der Waals surface area contributed by atoms with E-state index >= 15 is 0 Å². The summed E-state index contributed by atoms with van der Waals surface area (Å²) < 4.78 is 40.0. The SMILES string of the molecule is Cc1nn(CC(=O)NCc2ccc(F)cc2)c(C)c1S(=O)(=O)N(C)C. The molecular weight excluding hydrogens is 347 g/mol. The lowest BCUT2D eigenvalue weighted by atomic mass is 10.2. The zero-order chi connectivity index (χ0) is 18.8. The number of nitrogens with one attached hydrogen (secondary N) is 1. The maximum Gasteiger partial charge on any atom is 0.246 e. The molecule has 0 saturated heterocycles. The second kappa shape index (κ2) is 7.32. The van der Waals surface area contributed by atoms with Crippen molar-refractivity contribution in [3.05, 3.63) is 47.0 Å². The molecule has 0 unspecified atom stereocenters. The van der Waals surface area contributed by atoms with Gasteiger partial charge in [0.25, 0.3) is 0 Å². The molecule has 1 aromatic carbocycles. The zero-order valence-electron chi connectivity index (χ0n) is 14.6. The van der Waals surface area contributed by atoms with Gasteiger partial charge in [0, 0.05) is 20.6 Å². The van der Waals surface area contributed by atoms with Gasteiger partial charge in [-0.2, -0.15) is 5.10 Å². The number of nitrogens with zero attached hydrogens (tertiary/aromatic N) is 3. The van der Waals surface area contributed by atoms with Gasteiger partial charge in [0.1, 0.15) is 17.3 Å². The molecule has 0 aliphatic rings. The number of carbonyl (C=O) groups excluding carboxylic acids is 1. The van der Waals surface area contributed by atoms with Crippen molar-refractivity contribution in [2.24, 2.45) is 0 Å². The van der Waals surface area contributed by atoms with Gasteiger partial charge in [-0.05, 0) is 31.5 Å². The van der Waals surface area contributed by atoms with Crippen LogP contribution in [0.4, 0.5) is 4.39 Å². The minimum atomic E-state index is -3.63. The summed E-state index contributed by atoms with van der Waals surface area (Å²) in [5.74, 6) is -0.656. The van der Waals surface area contributed by atoms with E-state index in [1.54, 1.807) is 26.0 Å². The molecule has 0 radical (unpaired) electrons. The van der Waals surface area contributed by atoms with Crippen LogP contribution in [-0.2, 0) is 27.9 Å². The van der Waals surface area contributed by atoms with Crippen LogP contribution in [0.2, 0.25) is 0 Å². The van der Waals surface area contributed by atoms with Gasteiger partial charge in [0.05, 0.1) is 11.4 Å². The maximum atomic E-state index is 12.9.